The van der Waals surface area contributed by atoms with Crippen molar-refractivity contribution in [3.8, 4) is 0 Å². The molecule has 0 radical (unpaired) electrons. The maximum absolute atomic E-state index is 6.01. The number of nitrogen functional groups attached to an aromatic ring is 1. The highest BCUT2D eigenvalue weighted by molar-refractivity contribution is 5.97. The third-order valence-corrected chi connectivity index (χ3v) is 3.82. The van der Waals surface area contributed by atoms with Gasteiger partial charge >= 0.3 is 0 Å². The van der Waals surface area contributed by atoms with Crippen LogP contribution in [-0.2, 0) is 6.54 Å². The van der Waals surface area contributed by atoms with E-state index in [-0.39, 0.29) is 0 Å². The second-order valence-corrected chi connectivity index (χ2v) is 5.60. The van der Waals surface area contributed by atoms with Crippen LogP contribution >= 0.6 is 0 Å². The average molecular weight is 310 g/mol. The van der Waals surface area contributed by atoms with Crippen molar-refractivity contribution in [3.05, 3.63) is 65.7 Å². The first-order chi connectivity index (χ1) is 11.2. The Morgan fingerprint density at radius 3 is 2.39 bits per heavy atom. The zero-order valence-electron chi connectivity index (χ0n) is 13.8. The minimum Gasteiger partial charge on any atom is -0.399 e. The topological polar surface area (TPSA) is 67.6 Å². The fourth-order valence-electron chi connectivity index (χ4n) is 2.43. The van der Waals surface area contributed by atoms with E-state index in [1.165, 1.54) is 5.56 Å². The van der Waals surface area contributed by atoms with Gasteiger partial charge in [-0.2, -0.15) is 0 Å². The molecule has 0 unspecified atom stereocenters. The molecule has 0 fully saturated rings. The predicted octanol–water partition coefficient (Wildman–Crippen LogP) is 2.89. The Kier molecular flexibility index (Phi) is 6.63. The van der Waals surface area contributed by atoms with Crippen molar-refractivity contribution in [1.82, 2.24) is 4.90 Å². The molecule has 0 amide bonds. The van der Waals surface area contributed by atoms with Crippen molar-refractivity contribution < 1.29 is 0 Å². The Morgan fingerprint density at radius 1 is 1.04 bits per heavy atom. The smallest absolute Gasteiger partial charge is 0.125 e. The van der Waals surface area contributed by atoms with Gasteiger partial charge in [0, 0.05) is 30.9 Å². The Morgan fingerprint density at radius 2 is 1.74 bits per heavy atom. The molecule has 0 spiro atoms. The molecular weight excluding hydrogens is 284 g/mol. The number of rotatable bonds is 8. The van der Waals surface area contributed by atoms with Crippen LogP contribution in [0.25, 0.3) is 0 Å². The second kappa shape index (κ2) is 8.96. The van der Waals surface area contributed by atoms with Gasteiger partial charge in [-0.05, 0) is 42.8 Å². The van der Waals surface area contributed by atoms with Gasteiger partial charge in [0.05, 0.1) is 0 Å². The lowest BCUT2D eigenvalue weighted by molar-refractivity contribution is 0.278. The standard InChI is InChI=1S/C19H26N4/c1-2-23(15-16-7-4-3-5-8-16)14-6-13-22-19(21)17-9-11-18(20)12-10-17/h3-5,7-12H,2,6,13-15,20H2,1H3,(H2,21,22). The molecule has 4 heteroatoms. The van der Waals surface area contributed by atoms with Gasteiger partial charge in [0.25, 0.3) is 0 Å². The molecule has 2 aromatic carbocycles. The van der Waals surface area contributed by atoms with Gasteiger partial charge in [-0.15, -0.1) is 0 Å². The van der Waals surface area contributed by atoms with E-state index < -0.39 is 0 Å². The summed E-state index contributed by atoms with van der Waals surface area (Å²) < 4.78 is 0. The molecule has 0 aromatic heterocycles. The van der Waals surface area contributed by atoms with Crippen LogP contribution < -0.4 is 11.5 Å². The molecule has 0 aliphatic rings. The molecular formula is C19H26N4. The molecule has 4 nitrogen and oxygen atoms in total. The van der Waals surface area contributed by atoms with Crippen molar-refractivity contribution in [2.75, 3.05) is 25.4 Å². The highest BCUT2D eigenvalue weighted by Gasteiger charge is 2.03. The van der Waals surface area contributed by atoms with Gasteiger partial charge in [0.2, 0.25) is 0 Å². The monoisotopic (exact) mass is 310 g/mol. The van der Waals surface area contributed by atoms with Gasteiger partial charge in [-0.25, -0.2) is 0 Å². The molecule has 0 aliphatic heterocycles. The summed E-state index contributed by atoms with van der Waals surface area (Å²) in [5, 5.41) is 0. The van der Waals surface area contributed by atoms with E-state index >= 15 is 0 Å². The Bertz CT molecular complexity index is 605. The second-order valence-electron chi connectivity index (χ2n) is 5.60. The van der Waals surface area contributed by atoms with Gasteiger partial charge in [0.15, 0.2) is 0 Å². The Balaban J connectivity index is 1.78. The van der Waals surface area contributed by atoms with E-state index in [1.54, 1.807) is 0 Å². The third-order valence-electron chi connectivity index (χ3n) is 3.82. The summed E-state index contributed by atoms with van der Waals surface area (Å²) in [4.78, 5) is 6.89. The largest absolute Gasteiger partial charge is 0.399 e. The Hall–Kier alpha value is -2.33. The van der Waals surface area contributed by atoms with E-state index in [0.29, 0.717) is 5.84 Å². The number of hydrogen-bond donors (Lipinski definition) is 2. The molecule has 4 N–H and O–H groups in total. The predicted molar refractivity (Wildman–Crippen MR) is 98.5 cm³/mol. The van der Waals surface area contributed by atoms with Gasteiger partial charge in [-0.3, -0.25) is 9.89 Å². The van der Waals surface area contributed by atoms with Crippen LogP contribution in [0.2, 0.25) is 0 Å². The number of nitrogens with zero attached hydrogens (tertiary/aromatic N) is 2. The van der Waals surface area contributed by atoms with Crippen LogP contribution in [0.5, 0.6) is 0 Å². The fourth-order valence-corrected chi connectivity index (χ4v) is 2.43. The van der Waals surface area contributed by atoms with Crippen molar-refractivity contribution in [2.45, 2.75) is 19.9 Å². The molecule has 23 heavy (non-hydrogen) atoms. The first-order valence-electron chi connectivity index (χ1n) is 8.11. The fraction of sp³-hybridized carbons (Fsp3) is 0.316. The molecule has 0 atom stereocenters. The van der Waals surface area contributed by atoms with Crippen LogP contribution in [-0.4, -0.2) is 30.4 Å². The summed E-state index contributed by atoms with van der Waals surface area (Å²) in [6.07, 6.45) is 0.996. The summed E-state index contributed by atoms with van der Waals surface area (Å²) >= 11 is 0. The van der Waals surface area contributed by atoms with E-state index in [9.17, 15) is 0 Å². The SMILES string of the molecule is CCN(CCCN=C(N)c1ccc(N)cc1)Cc1ccccc1. The number of aliphatic imine (C=N–C) groups is 1. The third kappa shape index (κ3) is 5.75. The number of benzene rings is 2. The van der Waals surface area contributed by atoms with Crippen LogP contribution in [0.4, 0.5) is 5.69 Å². The summed E-state index contributed by atoms with van der Waals surface area (Å²) in [6, 6.07) is 18.0. The van der Waals surface area contributed by atoms with Gasteiger partial charge < -0.3 is 11.5 Å². The molecule has 2 rings (SSSR count). The van der Waals surface area contributed by atoms with E-state index in [1.807, 2.05) is 24.3 Å². The summed E-state index contributed by atoms with van der Waals surface area (Å²) in [7, 11) is 0. The highest BCUT2D eigenvalue weighted by Crippen LogP contribution is 2.06. The lowest BCUT2D eigenvalue weighted by atomic mass is 10.2. The van der Waals surface area contributed by atoms with Crippen molar-refractivity contribution >= 4 is 11.5 Å². The molecule has 0 saturated heterocycles. The highest BCUT2D eigenvalue weighted by atomic mass is 15.1. The van der Waals surface area contributed by atoms with Gasteiger partial charge in [-0.1, -0.05) is 37.3 Å². The van der Waals surface area contributed by atoms with E-state index in [4.69, 9.17) is 11.5 Å². The van der Waals surface area contributed by atoms with E-state index in [2.05, 4.69) is 47.1 Å². The van der Waals surface area contributed by atoms with Crippen LogP contribution in [0.1, 0.15) is 24.5 Å². The zero-order valence-corrected chi connectivity index (χ0v) is 13.8. The van der Waals surface area contributed by atoms with Crippen molar-refractivity contribution in [2.24, 2.45) is 10.7 Å². The maximum Gasteiger partial charge on any atom is 0.125 e. The van der Waals surface area contributed by atoms with Crippen molar-refractivity contribution in [3.63, 3.8) is 0 Å². The normalized spacial score (nSPS) is 11.8. The Labute approximate surface area is 138 Å². The van der Waals surface area contributed by atoms with Crippen molar-refractivity contribution in [1.29, 1.82) is 0 Å². The number of anilines is 1. The molecule has 2 aromatic rings. The van der Waals surface area contributed by atoms with Crippen LogP contribution in [0.3, 0.4) is 0 Å². The number of hydrogen-bond acceptors (Lipinski definition) is 3. The first kappa shape index (κ1) is 17.0. The number of amidine groups is 1. The van der Waals surface area contributed by atoms with Crippen LogP contribution in [0, 0.1) is 0 Å². The van der Waals surface area contributed by atoms with Crippen LogP contribution in [0.15, 0.2) is 59.6 Å². The minimum atomic E-state index is 0.580. The summed E-state index contributed by atoms with van der Waals surface area (Å²) in [5.74, 6) is 0.580. The summed E-state index contributed by atoms with van der Waals surface area (Å²) in [5.41, 5.74) is 14.7. The number of nitrogens with two attached hydrogens (primary N) is 2. The average Bonchev–Trinajstić information content (AvgIpc) is 2.59. The molecule has 0 aliphatic carbocycles. The minimum absolute atomic E-state index is 0.580. The maximum atomic E-state index is 6.01. The zero-order chi connectivity index (χ0) is 16.5. The molecule has 0 bridgehead atoms. The molecule has 0 saturated carbocycles. The van der Waals surface area contributed by atoms with Gasteiger partial charge in [0.1, 0.15) is 5.84 Å². The lowest BCUT2D eigenvalue weighted by Gasteiger charge is -2.20. The molecule has 0 heterocycles. The lowest BCUT2D eigenvalue weighted by Crippen LogP contribution is -2.24. The quantitative estimate of drug-likeness (QED) is 0.341. The molecule has 122 valence electrons. The summed E-state index contributed by atoms with van der Waals surface area (Å²) in [6.45, 7) is 5.96. The van der Waals surface area contributed by atoms with E-state index in [0.717, 1.165) is 43.9 Å². The first-order valence-corrected chi connectivity index (χ1v) is 8.11.